The lowest BCUT2D eigenvalue weighted by Gasteiger charge is -2.13. The van der Waals surface area contributed by atoms with Crippen LogP contribution in [0.25, 0.3) is 0 Å². The van der Waals surface area contributed by atoms with Crippen LogP contribution < -0.4 is 0 Å². The molecule has 0 fully saturated rings. The second kappa shape index (κ2) is 3.57. The maximum absolute atomic E-state index is 11.5. The number of aliphatic carboxylic acids is 1. The zero-order chi connectivity index (χ0) is 10.9. The number of Topliss-reactive ketones (excluding diaryl/α,β-unsaturated/α-hetero) is 1. The van der Waals surface area contributed by atoms with E-state index in [4.69, 9.17) is 5.11 Å². The third kappa shape index (κ3) is 1.79. The third-order valence-electron chi connectivity index (χ3n) is 2.11. The molecule has 0 saturated carbocycles. The highest BCUT2D eigenvalue weighted by molar-refractivity contribution is 6.21. The summed E-state index contributed by atoms with van der Waals surface area (Å²) in [7, 11) is 0. The van der Waals surface area contributed by atoms with E-state index in [9.17, 15) is 14.4 Å². The summed E-state index contributed by atoms with van der Waals surface area (Å²) in [5, 5.41) is 8.70. The minimum atomic E-state index is -1.10. The van der Waals surface area contributed by atoms with Gasteiger partial charge in [-0.1, -0.05) is 0 Å². The number of hydrogen-bond acceptors (Lipinski definition) is 3. The predicted octanol–water partition coefficient (Wildman–Crippen LogP) is 0.732. The van der Waals surface area contributed by atoms with Crippen LogP contribution in [-0.4, -0.2) is 22.6 Å². The second-order valence-electron chi connectivity index (χ2n) is 3.22. The van der Waals surface area contributed by atoms with E-state index in [0.29, 0.717) is 5.57 Å². The van der Waals surface area contributed by atoms with Crippen LogP contribution in [-0.2, 0) is 14.4 Å². The molecule has 0 aliphatic heterocycles. The molecule has 0 amide bonds. The van der Waals surface area contributed by atoms with E-state index in [2.05, 4.69) is 0 Å². The van der Waals surface area contributed by atoms with E-state index in [1.54, 1.807) is 0 Å². The minimum Gasteiger partial charge on any atom is -0.481 e. The van der Waals surface area contributed by atoms with Gasteiger partial charge in [0.1, 0.15) is 0 Å². The molecule has 1 rings (SSSR count). The zero-order valence-corrected chi connectivity index (χ0v) is 7.90. The quantitative estimate of drug-likeness (QED) is 0.658. The average molecular weight is 194 g/mol. The van der Waals surface area contributed by atoms with Crippen LogP contribution in [0.3, 0.4) is 0 Å². The molecule has 74 valence electrons. The van der Waals surface area contributed by atoms with Crippen LogP contribution in [0.5, 0.6) is 0 Å². The number of carbonyl (C=O) groups is 3. The minimum absolute atomic E-state index is 0.0579. The molecule has 0 aromatic heterocycles. The van der Waals surface area contributed by atoms with E-state index in [1.807, 2.05) is 0 Å². The standard InChI is InChI=1S/C10H10O4/c1-5-3-7(11)4-8(9(5)12)6(2)10(13)14/h3-4,6H,1-2H3,(H,13,14). The van der Waals surface area contributed by atoms with Gasteiger partial charge in [-0.3, -0.25) is 14.4 Å². The van der Waals surface area contributed by atoms with Gasteiger partial charge >= 0.3 is 5.97 Å². The molecule has 0 aromatic carbocycles. The lowest BCUT2D eigenvalue weighted by molar-refractivity contribution is -0.140. The summed E-state index contributed by atoms with van der Waals surface area (Å²) in [4.78, 5) is 33.2. The van der Waals surface area contributed by atoms with Gasteiger partial charge in [0.25, 0.3) is 0 Å². The fraction of sp³-hybridized carbons (Fsp3) is 0.300. The molecular formula is C10H10O4. The number of hydrogen-bond donors (Lipinski definition) is 1. The summed E-state index contributed by atoms with van der Waals surface area (Å²) in [5.74, 6) is -2.73. The lowest BCUT2D eigenvalue weighted by Crippen LogP contribution is -2.22. The first-order valence-corrected chi connectivity index (χ1v) is 4.15. The van der Waals surface area contributed by atoms with E-state index in [-0.39, 0.29) is 17.1 Å². The van der Waals surface area contributed by atoms with Gasteiger partial charge in [-0.15, -0.1) is 0 Å². The molecule has 1 unspecified atom stereocenters. The predicted molar refractivity (Wildman–Crippen MR) is 48.7 cm³/mol. The largest absolute Gasteiger partial charge is 0.481 e. The second-order valence-corrected chi connectivity index (χ2v) is 3.22. The van der Waals surface area contributed by atoms with Gasteiger partial charge in [0.2, 0.25) is 0 Å². The van der Waals surface area contributed by atoms with E-state index >= 15 is 0 Å². The van der Waals surface area contributed by atoms with Gasteiger partial charge in [-0.25, -0.2) is 0 Å². The van der Waals surface area contributed by atoms with Gasteiger partial charge in [0.05, 0.1) is 5.92 Å². The number of ketones is 2. The Kier molecular flexibility index (Phi) is 2.65. The number of carbonyl (C=O) groups excluding carboxylic acids is 2. The molecule has 0 aromatic rings. The van der Waals surface area contributed by atoms with Crippen molar-refractivity contribution in [1.82, 2.24) is 0 Å². The van der Waals surface area contributed by atoms with Gasteiger partial charge in [-0.05, 0) is 26.0 Å². The van der Waals surface area contributed by atoms with Crippen molar-refractivity contribution in [1.29, 1.82) is 0 Å². The molecule has 0 spiro atoms. The fourth-order valence-electron chi connectivity index (χ4n) is 1.22. The average Bonchev–Trinajstić information content (AvgIpc) is 2.09. The highest BCUT2D eigenvalue weighted by atomic mass is 16.4. The van der Waals surface area contributed by atoms with Crippen LogP contribution in [0.4, 0.5) is 0 Å². The van der Waals surface area contributed by atoms with Crippen molar-refractivity contribution in [3.63, 3.8) is 0 Å². The Bertz CT molecular complexity index is 374. The van der Waals surface area contributed by atoms with Gasteiger partial charge in [0, 0.05) is 11.1 Å². The maximum Gasteiger partial charge on any atom is 0.310 e. The SMILES string of the molecule is CC1=CC(=O)C=C(C(C)C(=O)O)C1=O. The van der Waals surface area contributed by atoms with Gasteiger partial charge in [-0.2, -0.15) is 0 Å². The Labute approximate surface area is 80.9 Å². The van der Waals surface area contributed by atoms with Crippen molar-refractivity contribution in [3.05, 3.63) is 23.3 Å². The molecule has 1 aliphatic rings. The molecule has 0 heterocycles. The Morgan fingerprint density at radius 1 is 1.36 bits per heavy atom. The molecule has 4 heteroatoms. The fourth-order valence-corrected chi connectivity index (χ4v) is 1.22. The van der Waals surface area contributed by atoms with E-state index in [0.717, 1.165) is 6.08 Å². The highest BCUT2D eigenvalue weighted by Gasteiger charge is 2.27. The van der Waals surface area contributed by atoms with Crippen LogP contribution in [0.1, 0.15) is 13.8 Å². The smallest absolute Gasteiger partial charge is 0.310 e. The molecule has 1 atom stereocenters. The van der Waals surface area contributed by atoms with E-state index < -0.39 is 11.9 Å². The van der Waals surface area contributed by atoms with Crippen molar-refractivity contribution in [2.24, 2.45) is 5.92 Å². The number of allylic oxidation sites excluding steroid dienone is 3. The third-order valence-corrected chi connectivity index (χ3v) is 2.11. The van der Waals surface area contributed by atoms with Crippen molar-refractivity contribution < 1.29 is 19.5 Å². The summed E-state index contributed by atoms with van der Waals surface area (Å²) in [6, 6.07) is 0. The van der Waals surface area contributed by atoms with Crippen molar-refractivity contribution in [2.75, 3.05) is 0 Å². The Morgan fingerprint density at radius 3 is 2.43 bits per heavy atom. The van der Waals surface area contributed by atoms with Crippen LogP contribution in [0, 0.1) is 5.92 Å². The summed E-state index contributed by atoms with van der Waals surface area (Å²) in [6.45, 7) is 2.89. The highest BCUT2D eigenvalue weighted by Crippen LogP contribution is 2.20. The Balaban J connectivity index is 3.06. The molecular weight excluding hydrogens is 184 g/mol. The Hall–Kier alpha value is -1.71. The zero-order valence-electron chi connectivity index (χ0n) is 7.90. The summed E-state index contributed by atoms with van der Waals surface area (Å²) < 4.78 is 0. The monoisotopic (exact) mass is 194 g/mol. The normalized spacial score (nSPS) is 18.7. The molecule has 1 N–H and O–H groups in total. The summed E-state index contributed by atoms with van der Waals surface area (Å²) >= 11 is 0. The first kappa shape index (κ1) is 10.4. The van der Waals surface area contributed by atoms with Crippen LogP contribution in [0.15, 0.2) is 23.3 Å². The summed E-state index contributed by atoms with van der Waals surface area (Å²) in [6.07, 6.45) is 2.30. The van der Waals surface area contributed by atoms with Gasteiger partial charge < -0.3 is 5.11 Å². The van der Waals surface area contributed by atoms with Crippen molar-refractivity contribution >= 4 is 17.5 Å². The molecule has 4 nitrogen and oxygen atoms in total. The first-order valence-electron chi connectivity index (χ1n) is 4.15. The Morgan fingerprint density at radius 2 is 1.93 bits per heavy atom. The number of carboxylic acid groups (broad SMARTS) is 1. The molecule has 0 saturated heterocycles. The molecule has 0 bridgehead atoms. The van der Waals surface area contributed by atoms with Crippen LogP contribution >= 0.6 is 0 Å². The van der Waals surface area contributed by atoms with E-state index in [1.165, 1.54) is 19.9 Å². The number of rotatable bonds is 2. The molecule has 1 aliphatic carbocycles. The molecule has 0 radical (unpaired) electrons. The topological polar surface area (TPSA) is 71.4 Å². The van der Waals surface area contributed by atoms with Crippen molar-refractivity contribution in [2.45, 2.75) is 13.8 Å². The van der Waals surface area contributed by atoms with Crippen molar-refractivity contribution in [3.8, 4) is 0 Å². The lowest BCUT2D eigenvalue weighted by atomic mass is 9.88. The summed E-state index contributed by atoms with van der Waals surface area (Å²) in [5.41, 5.74) is 0.350. The first-order chi connectivity index (χ1) is 6.43. The molecule has 14 heavy (non-hydrogen) atoms. The number of carboxylic acids is 1. The van der Waals surface area contributed by atoms with Gasteiger partial charge in [0.15, 0.2) is 11.6 Å². The maximum atomic E-state index is 11.5. The van der Waals surface area contributed by atoms with Crippen LogP contribution in [0.2, 0.25) is 0 Å².